The van der Waals surface area contributed by atoms with Crippen LogP contribution in [0.1, 0.15) is 26.7 Å². The van der Waals surface area contributed by atoms with Crippen molar-refractivity contribution in [1.29, 1.82) is 0 Å². The SMILES string of the molecule is CCOC(=O)[C@]1(O)CCCN1C(C)=O. The van der Waals surface area contributed by atoms with Crippen molar-refractivity contribution >= 4 is 11.9 Å². The molecule has 1 fully saturated rings. The molecule has 0 unspecified atom stereocenters. The van der Waals surface area contributed by atoms with Crippen LogP contribution in [0.3, 0.4) is 0 Å². The van der Waals surface area contributed by atoms with Gasteiger partial charge in [0.05, 0.1) is 6.61 Å². The molecule has 1 aliphatic heterocycles. The topological polar surface area (TPSA) is 66.8 Å². The van der Waals surface area contributed by atoms with Crippen molar-refractivity contribution in [1.82, 2.24) is 4.90 Å². The lowest BCUT2D eigenvalue weighted by molar-refractivity contribution is -0.186. The Bertz CT molecular complexity index is 253. The van der Waals surface area contributed by atoms with E-state index in [0.29, 0.717) is 13.0 Å². The van der Waals surface area contributed by atoms with Crippen molar-refractivity contribution in [2.45, 2.75) is 32.4 Å². The zero-order valence-electron chi connectivity index (χ0n) is 8.45. The summed E-state index contributed by atoms with van der Waals surface area (Å²) in [5, 5.41) is 9.95. The predicted octanol–water partition coefficient (Wildman–Crippen LogP) is -0.120. The second-order valence-corrected chi connectivity index (χ2v) is 3.31. The second kappa shape index (κ2) is 3.96. The standard InChI is InChI=1S/C9H15NO4/c1-3-14-8(12)9(13)5-4-6-10(9)7(2)11/h13H,3-6H2,1-2H3/t9-/m1/s1. The molecule has 0 aromatic rings. The van der Waals surface area contributed by atoms with E-state index in [4.69, 9.17) is 4.74 Å². The summed E-state index contributed by atoms with van der Waals surface area (Å²) in [5.74, 6) is -1.04. The average molecular weight is 201 g/mol. The Hall–Kier alpha value is -1.10. The molecule has 5 heteroatoms. The predicted molar refractivity (Wildman–Crippen MR) is 48.2 cm³/mol. The highest BCUT2D eigenvalue weighted by Crippen LogP contribution is 2.27. The molecule has 0 saturated carbocycles. The van der Waals surface area contributed by atoms with Gasteiger partial charge in [-0.1, -0.05) is 0 Å². The van der Waals surface area contributed by atoms with Crippen LogP contribution in [0.15, 0.2) is 0 Å². The molecule has 0 aromatic carbocycles. The summed E-state index contributed by atoms with van der Waals surface area (Å²) in [6, 6.07) is 0. The monoisotopic (exact) mass is 201 g/mol. The number of carbonyl (C=O) groups excluding carboxylic acids is 2. The fourth-order valence-corrected chi connectivity index (χ4v) is 1.68. The molecule has 1 amide bonds. The molecule has 14 heavy (non-hydrogen) atoms. The van der Waals surface area contributed by atoms with Crippen molar-refractivity contribution in [3.05, 3.63) is 0 Å². The third-order valence-corrected chi connectivity index (χ3v) is 2.34. The van der Waals surface area contributed by atoms with Gasteiger partial charge < -0.3 is 14.7 Å². The minimum absolute atomic E-state index is 0.201. The molecular weight excluding hydrogens is 186 g/mol. The zero-order valence-corrected chi connectivity index (χ0v) is 8.45. The Morgan fingerprint density at radius 3 is 2.71 bits per heavy atom. The summed E-state index contributed by atoms with van der Waals surface area (Å²) in [4.78, 5) is 23.7. The summed E-state index contributed by atoms with van der Waals surface area (Å²) >= 11 is 0. The average Bonchev–Trinajstić information content (AvgIpc) is 2.49. The van der Waals surface area contributed by atoms with Crippen molar-refractivity contribution < 1.29 is 19.4 Å². The van der Waals surface area contributed by atoms with Crippen LogP contribution in [0.25, 0.3) is 0 Å². The Balaban J connectivity index is 2.80. The first kappa shape index (κ1) is 11.0. The quantitative estimate of drug-likeness (QED) is 0.632. The number of hydrogen-bond acceptors (Lipinski definition) is 4. The largest absolute Gasteiger partial charge is 0.462 e. The minimum Gasteiger partial charge on any atom is -0.462 e. The van der Waals surface area contributed by atoms with Gasteiger partial charge >= 0.3 is 5.97 Å². The van der Waals surface area contributed by atoms with E-state index in [0.717, 1.165) is 4.90 Å². The molecule has 0 aromatic heterocycles. The number of amides is 1. The molecule has 1 atom stereocenters. The number of aliphatic hydroxyl groups is 1. The van der Waals surface area contributed by atoms with Crippen LogP contribution in [0.2, 0.25) is 0 Å². The summed E-state index contributed by atoms with van der Waals surface area (Å²) in [6.07, 6.45) is 0.875. The third-order valence-electron chi connectivity index (χ3n) is 2.34. The second-order valence-electron chi connectivity index (χ2n) is 3.31. The van der Waals surface area contributed by atoms with Crippen LogP contribution < -0.4 is 0 Å². The highest BCUT2D eigenvalue weighted by atomic mass is 16.6. The summed E-state index contributed by atoms with van der Waals surface area (Å²) in [7, 11) is 0. The van der Waals surface area contributed by atoms with E-state index in [-0.39, 0.29) is 18.9 Å². The van der Waals surface area contributed by atoms with Crippen molar-refractivity contribution in [2.24, 2.45) is 0 Å². The molecule has 1 aliphatic rings. The minimum atomic E-state index is -1.73. The smallest absolute Gasteiger partial charge is 0.359 e. The van der Waals surface area contributed by atoms with Gasteiger partial charge in [-0.25, -0.2) is 4.79 Å². The summed E-state index contributed by atoms with van der Waals surface area (Å²) in [5.41, 5.74) is -1.73. The summed E-state index contributed by atoms with van der Waals surface area (Å²) < 4.78 is 4.73. The van der Waals surface area contributed by atoms with E-state index in [1.54, 1.807) is 6.92 Å². The molecule has 1 heterocycles. The third kappa shape index (κ3) is 1.72. The molecular formula is C9H15NO4. The van der Waals surface area contributed by atoms with Crippen LogP contribution in [-0.2, 0) is 14.3 Å². The van der Waals surface area contributed by atoms with Gasteiger partial charge in [0.15, 0.2) is 0 Å². The molecule has 80 valence electrons. The van der Waals surface area contributed by atoms with Crippen molar-refractivity contribution in [3.8, 4) is 0 Å². The van der Waals surface area contributed by atoms with Crippen molar-refractivity contribution in [3.63, 3.8) is 0 Å². The van der Waals surface area contributed by atoms with Crippen molar-refractivity contribution in [2.75, 3.05) is 13.2 Å². The molecule has 0 aliphatic carbocycles. The molecule has 1 saturated heterocycles. The molecule has 1 rings (SSSR count). The lowest BCUT2D eigenvalue weighted by Gasteiger charge is -2.30. The first-order chi connectivity index (χ1) is 6.52. The summed E-state index contributed by atoms with van der Waals surface area (Å²) in [6.45, 7) is 3.60. The number of rotatable bonds is 2. The van der Waals surface area contributed by atoms with Gasteiger partial charge in [-0.3, -0.25) is 4.79 Å². The van der Waals surface area contributed by atoms with E-state index in [9.17, 15) is 14.7 Å². The maximum atomic E-state index is 11.4. The number of esters is 1. The van der Waals surface area contributed by atoms with E-state index in [1.165, 1.54) is 6.92 Å². The molecule has 0 bridgehead atoms. The van der Waals surface area contributed by atoms with Gasteiger partial charge in [0.2, 0.25) is 11.6 Å². The zero-order chi connectivity index (χ0) is 10.8. The van der Waals surface area contributed by atoms with E-state index < -0.39 is 11.7 Å². The fourth-order valence-electron chi connectivity index (χ4n) is 1.68. The highest BCUT2D eigenvalue weighted by molar-refractivity contribution is 5.86. The Morgan fingerprint density at radius 1 is 1.57 bits per heavy atom. The van der Waals surface area contributed by atoms with Gasteiger partial charge in [0, 0.05) is 19.9 Å². The lowest BCUT2D eigenvalue weighted by atomic mass is 10.1. The van der Waals surface area contributed by atoms with Gasteiger partial charge in [-0.15, -0.1) is 0 Å². The molecule has 1 N–H and O–H groups in total. The van der Waals surface area contributed by atoms with E-state index in [1.807, 2.05) is 0 Å². The molecule has 5 nitrogen and oxygen atoms in total. The number of likely N-dealkylation sites (tertiary alicyclic amines) is 1. The normalized spacial score (nSPS) is 26.4. The number of ether oxygens (including phenoxy) is 1. The fraction of sp³-hybridized carbons (Fsp3) is 0.778. The van der Waals surface area contributed by atoms with E-state index in [2.05, 4.69) is 0 Å². The van der Waals surface area contributed by atoms with Crippen LogP contribution in [0, 0.1) is 0 Å². The lowest BCUT2D eigenvalue weighted by Crippen LogP contribution is -2.53. The first-order valence-electron chi connectivity index (χ1n) is 4.70. The Morgan fingerprint density at radius 2 is 2.21 bits per heavy atom. The highest BCUT2D eigenvalue weighted by Gasteiger charge is 2.48. The maximum absolute atomic E-state index is 11.4. The van der Waals surface area contributed by atoms with Gasteiger partial charge in [0.25, 0.3) is 0 Å². The van der Waals surface area contributed by atoms with Crippen LogP contribution in [0.4, 0.5) is 0 Å². The number of nitrogens with zero attached hydrogens (tertiary/aromatic N) is 1. The number of hydrogen-bond donors (Lipinski definition) is 1. The Labute approximate surface area is 82.6 Å². The molecule has 0 radical (unpaired) electrons. The Kier molecular flexibility index (Phi) is 3.10. The van der Waals surface area contributed by atoms with E-state index >= 15 is 0 Å². The van der Waals surface area contributed by atoms with Gasteiger partial charge in [0.1, 0.15) is 0 Å². The van der Waals surface area contributed by atoms with Gasteiger partial charge in [-0.2, -0.15) is 0 Å². The maximum Gasteiger partial charge on any atom is 0.359 e. The van der Waals surface area contributed by atoms with Crippen LogP contribution >= 0.6 is 0 Å². The molecule has 0 spiro atoms. The first-order valence-corrected chi connectivity index (χ1v) is 4.70. The van der Waals surface area contributed by atoms with Crippen LogP contribution in [0.5, 0.6) is 0 Å². The number of carbonyl (C=O) groups is 2. The van der Waals surface area contributed by atoms with Crippen LogP contribution in [-0.4, -0.2) is 40.8 Å². The van der Waals surface area contributed by atoms with Gasteiger partial charge in [-0.05, 0) is 13.3 Å².